The van der Waals surface area contributed by atoms with Crippen LogP contribution >= 0.6 is 11.6 Å². The summed E-state index contributed by atoms with van der Waals surface area (Å²) >= 11 is 5.70. The van der Waals surface area contributed by atoms with Gasteiger partial charge in [-0.05, 0) is 30.5 Å². The van der Waals surface area contributed by atoms with Crippen molar-refractivity contribution in [2.45, 2.75) is 12.8 Å². The Morgan fingerprint density at radius 3 is 2.80 bits per heavy atom. The molecule has 0 aliphatic heterocycles. The Hall–Kier alpha value is -1.35. The molecule has 0 atom stereocenters. The van der Waals surface area contributed by atoms with Gasteiger partial charge in [-0.25, -0.2) is 9.37 Å². The number of fused-ring (bicyclic) bond motifs is 1. The maximum Gasteiger partial charge on any atom is 0.214 e. The summed E-state index contributed by atoms with van der Waals surface area (Å²) in [5.74, 6) is -0.240. The molecular weight excluding hydrogens is 217 g/mol. The summed E-state index contributed by atoms with van der Waals surface area (Å²) in [6.07, 6.45) is 0. The van der Waals surface area contributed by atoms with Gasteiger partial charge in [-0.3, -0.25) is 0 Å². The molecule has 0 fully saturated rings. The molecule has 2 nitrogen and oxygen atoms in total. The summed E-state index contributed by atoms with van der Waals surface area (Å²) in [6.45, 7) is 1.70. The van der Waals surface area contributed by atoms with E-state index < -0.39 is 0 Å². The number of pyridine rings is 1. The van der Waals surface area contributed by atoms with Crippen LogP contribution in [0, 0.1) is 12.7 Å². The average Bonchev–Trinajstić information content (AvgIpc) is 2.23. The third kappa shape index (κ3) is 1.63. The molecular formula is C11H9ClFNO. The van der Waals surface area contributed by atoms with E-state index in [1.807, 2.05) is 0 Å². The summed E-state index contributed by atoms with van der Waals surface area (Å²) in [4.78, 5) is 3.95. The van der Waals surface area contributed by atoms with Gasteiger partial charge in [0.25, 0.3) is 0 Å². The second kappa shape index (κ2) is 3.66. The highest BCUT2D eigenvalue weighted by Crippen LogP contribution is 2.28. The molecule has 1 heterocycles. The van der Waals surface area contributed by atoms with Crippen molar-refractivity contribution >= 4 is 22.4 Å². The number of rotatable bonds is 1. The van der Waals surface area contributed by atoms with E-state index in [1.54, 1.807) is 13.0 Å². The number of nitrogens with zero attached hydrogens (tertiary/aromatic N) is 1. The Labute approximate surface area is 91.3 Å². The summed E-state index contributed by atoms with van der Waals surface area (Å²) in [6, 6.07) is 4.36. The third-order valence-corrected chi connectivity index (χ3v) is 2.65. The predicted octanol–water partition coefficient (Wildman–Crippen LogP) is 3.13. The monoisotopic (exact) mass is 225 g/mol. The van der Waals surface area contributed by atoms with Crippen LogP contribution in [0.25, 0.3) is 10.8 Å². The zero-order chi connectivity index (χ0) is 11.0. The largest absolute Gasteiger partial charge is 0.493 e. The van der Waals surface area contributed by atoms with Crippen LogP contribution in [0.1, 0.15) is 11.3 Å². The fraction of sp³-hybridized carbons (Fsp3) is 0.182. The van der Waals surface area contributed by atoms with Crippen LogP contribution in [0.5, 0.6) is 5.88 Å². The highest BCUT2D eigenvalue weighted by molar-refractivity contribution is 6.17. The maximum atomic E-state index is 13.0. The van der Waals surface area contributed by atoms with Crippen LogP contribution in [0.4, 0.5) is 4.39 Å². The number of alkyl halides is 1. The fourth-order valence-electron chi connectivity index (χ4n) is 1.57. The molecule has 4 heteroatoms. The normalized spacial score (nSPS) is 10.9. The fourth-order valence-corrected chi connectivity index (χ4v) is 1.78. The number of hydrogen-bond acceptors (Lipinski definition) is 2. The lowest BCUT2D eigenvalue weighted by Crippen LogP contribution is -1.92. The van der Waals surface area contributed by atoms with E-state index in [4.69, 9.17) is 11.6 Å². The van der Waals surface area contributed by atoms with Gasteiger partial charge < -0.3 is 5.11 Å². The molecule has 0 aliphatic rings. The zero-order valence-corrected chi connectivity index (χ0v) is 8.85. The van der Waals surface area contributed by atoms with Crippen molar-refractivity contribution in [1.29, 1.82) is 0 Å². The first-order valence-corrected chi connectivity index (χ1v) is 5.00. The van der Waals surface area contributed by atoms with Crippen LogP contribution in [-0.2, 0) is 5.88 Å². The maximum absolute atomic E-state index is 13.0. The van der Waals surface area contributed by atoms with Crippen molar-refractivity contribution in [3.63, 3.8) is 0 Å². The lowest BCUT2D eigenvalue weighted by Gasteiger charge is -2.07. The third-order valence-electron chi connectivity index (χ3n) is 2.40. The molecule has 2 rings (SSSR count). The lowest BCUT2D eigenvalue weighted by molar-refractivity contribution is 0.449. The lowest BCUT2D eigenvalue weighted by atomic mass is 10.1. The van der Waals surface area contributed by atoms with Crippen LogP contribution in [0.2, 0.25) is 0 Å². The second-order valence-corrected chi connectivity index (χ2v) is 3.60. The molecule has 1 N–H and O–H groups in total. The van der Waals surface area contributed by atoms with E-state index in [0.717, 1.165) is 5.39 Å². The number of aromatic hydroxyl groups is 1. The van der Waals surface area contributed by atoms with E-state index in [1.165, 1.54) is 12.1 Å². The number of halogens is 2. The minimum atomic E-state index is -0.336. The number of benzene rings is 1. The minimum absolute atomic E-state index is 0.0937. The molecule has 1 aromatic heterocycles. The Morgan fingerprint density at radius 1 is 1.40 bits per heavy atom. The van der Waals surface area contributed by atoms with Crippen LogP contribution < -0.4 is 0 Å². The Kier molecular flexibility index (Phi) is 2.49. The first-order chi connectivity index (χ1) is 7.13. The van der Waals surface area contributed by atoms with Crippen LogP contribution in [-0.4, -0.2) is 10.1 Å². The van der Waals surface area contributed by atoms with Gasteiger partial charge in [0, 0.05) is 10.9 Å². The summed E-state index contributed by atoms with van der Waals surface area (Å²) in [5.41, 5.74) is 1.13. The van der Waals surface area contributed by atoms with Gasteiger partial charge in [0.2, 0.25) is 5.88 Å². The van der Waals surface area contributed by atoms with Gasteiger partial charge in [0.15, 0.2) is 0 Å². The highest BCUT2D eigenvalue weighted by Gasteiger charge is 2.10. The van der Waals surface area contributed by atoms with Gasteiger partial charge in [-0.15, -0.1) is 11.6 Å². The molecule has 15 heavy (non-hydrogen) atoms. The Bertz CT molecular complexity index is 527. The minimum Gasteiger partial charge on any atom is -0.493 e. The number of aryl methyl sites for hydroxylation is 1. The molecule has 0 saturated carbocycles. The molecule has 1 aromatic carbocycles. The van der Waals surface area contributed by atoms with Crippen molar-refractivity contribution in [1.82, 2.24) is 4.98 Å². The van der Waals surface area contributed by atoms with Crippen LogP contribution in [0.3, 0.4) is 0 Å². The molecule has 0 bridgehead atoms. The molecule has 2 aromatic rings. The van der Waals surface area contributed by atoms with Gasteiger partial charge in [-0.2, -0.15) is 0 Å². The molecule has 0 aliphatic carbocycles. The molecule has 0 amide bonds. The van der Waals surface area contributed by atoms with Crippen molar-refractivity contribution in [3.8, 4) is 5.88 Å². The van der Waals surface area contributed by atoms with E-state index in [9.17, 15) is 9.50 Å². The van der Waals surface area contributed by atoms with E-state index in [0.29, 0.717) is 16.6 Å². The van der Waals surface area contributed by atoms with E-state index >= 15 is 0 Å². The molecule has 78 valence electrons. The average molecular weight is 226 g/mol. The standard InChI is InChI=1S/C11H9ClFNO/c1-6-9-4-7(13)2-3-8(9)10(5-12)14-11(6)15/h2-4H,5H2,1H3,(H,14,15). The van der Waals surface area contributed by atoms with Crippen molar-refractivity contribution < 1.29 is 9.50 Å². The SMILES string of the molecule is Cc1c(O)nc(CCl)c2ccc(F)cc12. The highest BCUT2D eigenvalue weighted by atomic mass is 35.5. The Morgan fingerprint density at radius 2 is 2.13 bits per heavy atom. The quantitative estimate of drug-likeness (QED) is 0.757. The number of hydrogen-bond donors (Lipinski definition) is 1. The predicted molar refractivity (Wildman–Crippen MR) is 57.7 cm³/mol. The first kappa shape index (κ1) is 10.2. The smallest absolute Gasteiger partial charge is 0.214 e. The summed E-state index contributed by atoms with van der Waals surface area (Å²) in [7, 11) is 0. The second-order valence-electron chi connectivity index (χ2n) is 3.33. The Balaban J connectivity index is 2.90. The molecule has 0 saturated heterocycles. The van der Waals surface area contributed by atoms with Crippen molar-refractivity contribution in [3.05, 3.63) is 35.3 Å². The van der Waals surface area contributed by atoms with E-state index in [2.05, 4.69) is 4.98 Å². The van der Waals surface area contributed by atoms with Crippen LogP contribution in [0.15, 0.2) is 18.2 Å². The van der Waals surface area contributed by atoms with E-state index in [-0.39, 0.29) is 17.6 Å². The number of aromatic nitrogens is 1. The zero-order valence-electron chi connectivity index (χ0n) is 8.09. The van der Waals surface area contributed by atoms with Crippen molar-refractivity contribution in [2.24, 2.45) is 0 Å². The summed E-state index contributed by atoms with van der Waals surface area (Å²) in [5, 5.41) is 11.0. The molecule has 0 spiro atoms. The van der Waals surface area contributed by atoms with Gasteiger partial charge in [0.05, 0.1) is 11.6 Å². The van der Waals surface area contributed by atoms with Gasteiger partial charge >= 0.3 is 0 Å². The topological polar surface area (TPSA) is 33.1 Å². The van der Waals surface area contributed by atoms with Crippen molar-refractivity contribution in [2.75, 3.05) is 0 Å². The first-order valence-electron chi connectivity index (χ1n) is 4.47. The van der Waals surface area contributed by atoms with Gasteiger partial charge in [0.1, 0.15) is 5.82 Å². The molecule has 0 radical (unpaired) electrons. The van der Waals surface area contributed by atoms with Gasteiger partial charge in [-0.1, -0.05) is 0 Å². The molecule has 0 unspecified atom stereocenters. The summed E-state index contributed by atoms with van der Waals surface area (Å²) < 4.78 is 13.0.